The number of carbonyl (C=O) groups is 1. The highest BCUT2D eigenvalue weighted by Crippen LogP contribution is 2.28. The third-order valence-electron chi connectivity index (χ3n) is 4.87. The first-order valence-electron chi connectivity index (χ1n) is 9.27. The summed E-state index contributed by atoms with van der Waals surface area (Å²) in [6.07, 6.45) is 1.05. The molecule has 0 aliphatic carbocycles. The standard InChI is InChI=1S/C24H24FNO2/c1-26(23(27)17-10-18-8-15-22(28-2)16-9-18)24(19-6-4-3-5-7-19)20-11-13-21(25)14-12-20/h3-9,11-16,24H,10,17H2,1-2H3. The van der Waals surface area contributed by atoms with E-state index in [2.05, 4.69) is 0 Å². The molecule has 0 radical (unpaired) electrons. The van der Waals surface area contributed by atoms with E-state index in [0.717, 1.165) is 22.4 Å². The SMILES string of the molecule is COc1ccc(CCC(=O)N(C)C(c2ccccc2)c2ccc(F)cc2)cc1. The Morgan fingerprint density at radius 2 is 1.54 bits per heavy atom. The van der Waals surface area contributed by atoms with Gasteiger partial charge in [0.2, 0.25) is 5.91 Å². The fraction of sp³-hybridized carbons (Fsp3) is 0.208. The number of halogens is 1. The molecular weight excluding hydrogens is 353 g/mol. The number of hydrogen-bond acceptors (Lipinski definition) is 2. The van der Waals surface area contributed by atoms with E-state index < -0.39 is 0 Å². The molecular formula is C24H24FNO2. The first-order valence-corrected chi connectivity index (χ1v) is 9.27. The molecule has 0 N–H and O–H groups in total. The number of hydrogen-bond donors (Lipinski definition) is 0. The number of methoxy groups -OCH3 is 1. The van der Waals surface area contributed by atoms with E-state index in [0.29, 0.717) is 12.8 Å². The Morgan fingerprint density at radius 1 is 0.929 bits per heavy atom. The molecule has 3 aromatic carbocycles. The molecule has 3 rings (SSSR count). The topological polar surface area (TPSA) is 29.5 Å². The fourth-order valence-corrected chi connectivity index (χ4v) is 3.28. The van der Waals surface area contributed by atoms with Crippen molar-refractivity contribution in [3.8, 4) is 5.75 Å². The lowest BCUT2D eigenvalue weighted by Gasteiger charge is -2.29. The maximum Gasteiger partial charge on any atom is 0.223 e. The van der Waals surface area contributed by atoms with Crippen molar-refractivity contribution in [2.45, 2.75) is 18.9 Å². The van der Waals surface area contributed by atoms with Gasteiger partial charge in [0.15, 0.2) is 0 Å². The van der Waals surface area contributed by atoms with E-state index in [9.17, 15) is 9.18 Å². The van der Waals surface area contributed by atoms with Gasteiger partial charge >= 0.3 is 0 Å². The van der Waals surface area contributed by atoms with Crippen molar-refractivity contribution >= 4 is 5.91 Å². The van der Waals surface area contributed by atoms with Crippen molar-refractivity contribution < 1.29 is 13.9 Å². The average molecular weight is 377 g/mol. The smallest absolute Gasteiger partial charge is 0.223 e. The van der Waals surface area contributed by atoms with Crippen LogP contribution in [0.4, 0.5) is 4.39 Å². The normalized spacial score (nSPS) is 11.7. The second-order valence-corrected chi connectivity index (χ2v) is 6.72. The Morgan fingerprint density at radius 3 is 2.14 bits per heavy atom. The minimum absolute atomic E-state index is 0.0361. The zero-order valence-corrected chi connectivity index (χ0v) is 16.1. The summed E-state index contributed by atoms with van der Waals surface area (Å²) in [5, 5.41) is 0. The molecule has 3 aromatic rings. The molecule has 0 fully saturated rings. The van der Waals surface area contributed by atoms with Gasteiger partial charge in [-0.1, -0.05) is 54.6 Å². The quantitative estimate of drug-likeness (QED) is 0.579. The molecule has 0 saturated heterocycles. The van der Waals surface area contributed by atoms with E-state index in [1.807, 2.05) is 54.6 Å². The van der Waals surface area contributed by atoms with Gasteiger partial charge in [-0.15, -0.1) is 0 Å². The van der Waals surface area contributed by atoms with Crippen molar-refractivity contribution in [3.05, 3.63) is 101 Å². The van der Waals surface area contributed by atoms with Gasteiger partial charge in [0.05, 0.1) is 13.2 Å². The summed E-state index contributed by atoms with van der Waals surface area (Å²) in [6, 6.07) is 23.6. The second-order valence-electron chi connectivity index (χ2n) is 6.72. The molecule has 1 amide bonds. The Balaban J connectivity index is 1.77. The van der Waals surface area contributed by atoms with Gasteiger partial charge in [0, 0.05) is 13.5 Å². The van der Waals surface area contributed by atoms with Crippen LogP contribution in [0.3, 0.4) is 0 Å². The highest BCUT2D eigenvalue weighted by Gasteiger charge is 2.23. The maximum atomic E-state index is 13.4. The van der Waals surface area contributed by atoms with Crippen LogP contribution in [0.1, 0.15) is 29.2 Å². The molecule has 4 heteroatoms. The lowest BCUT2D eigenvalue weighted by Crippen LogP contribution is -2.32. The van der Waals surface area contributed by atoms with Gasteiger partial charge in [0.25, 0.3) is 0 Å². The predicted octanol–water partition coefficient (Wildman–Crippen LogP) is 5.01. The van der Waals surface area contributed by atoms with Crippen molar-refractivity contribution in [3.63, 3.8) is 0 Å². The number of aryl methyl sites for hydroxylation is 1. The third kappa shape index (κ3) is 4.77. The molecule has 0 aromatic heterocycles. The Hall–Kier alpha value is -3.14. The number of ether oxygens (including phenoxy) is 1. The van der Waals surface area contributed by atoms with Crippen molar-refractivity contribution in [2.24, 2.45) is 0 Å². The van der Waals surface area contributed by atoms with Crippen molar-refractivity contribution in [2.75, 3.05) is 14.2 Å². The lowest BCUT2D eigenvalue weighted by atomic mass is 9.96. The van der Waals surface area contributed by atoms with E-state index in [1.54, 1.807) is 31.2 Å². The molecule has 144 valence electrons. The third-order valence-corrected chi connectivity index (χ3v) is 4.87. The van der Waals surface area contributed by atoms with Gasteiger partial charge in [-0.2, -0.15) is 0 Å². The second kappa shape index (κ2) is 9.18. The molecule has 1 atom stereocenters. The number of rotatable bonds is 7. The molecule has 0 aliphatic rings. The number of nitrogens with zero attached hydrogens (tertiary/aromatic N) is 1. The van der Waals surface area contributed by atoms with E-state index in [-0.39, 0.29) is 17.8 Å². The first-order chi connectivity index (χ1) is 13.6. The Bertz CT molecular complexity index is 892. The number of benzene rings is 3. The van der Waals surface area contributed by atoms with E-state index in [1.165, 1.54) is 12.1 Å². The van der Waals surface area contributed by atoms with Gasteiger partial charge in [-0.05, 0) is 47.4 Å². The molecule has 0 saturated carbocycles. The Kier molecular flexibility index (Phi) is 6.43. The van der Waals surface area contributed by atoms with Crippen LogP contribution in [0.25, 0.3) is 0 Å². The number of amides is 1. The zero-order chi connectivity index (χ0) is 19.9. The van der Waals surface area contributed by atoms with Gasteiger partial charge in [-0.3, -0.25) is 4.79 Å². The summed E-state index contributed by atoms with van der Waals surface area (Å²) in [5.41, 5.74) is 2.96. The summed E-state index contributed by atoms with van der Waals surface area (Å²) in [5.74, 6) is 0.547. The monoisotopic (exact) mass is 377 g/mol. The van der Waals surface area contributed by atoms with Crippen LogP contribution < -0.4 is 4.74 Å². The van der Waals surface area contributed by atoms with Crippen LogP contribution in [-0.4, -0.2) is 25.0 Å². The maximum absolute atomic E-state index is 13.4. The van der Waals surface area contributed by atoms with E-state index >= 15 is 0 Å². The minimum atomic E-state index is -0.288. The fourth-order valence-electron chi connectivity index (χ4n) is 3.28. The summed E-state index contributed by atoms with van der Waals surface area (Å²) < 4.78 is 18.6. The molecule has 0 spiro atoms. The van der Waals surface area contributed by atoms with Crippen molar-refractivity contribution in [1.29, 1.82) is 0 Å². The summed E-state index contributed by atoms with van der Waals surface area (Å²) in [7, 11) is 3.43. The minimum Gasteiger partial charge on any atom is -0.497 e. The molecule has 3 nitrogen and oxygen atoms in total. The molecule has 1 unspecified atom stereocenters. The van der Waals surface area contributed by atoms with Crippen LogP contribution in [0, 0.1) is 5.82 Å². The lowest BCUT2D eigenvalue weighted by molar-refractivity contribution is -0.131. The summed E-state index contributed by atoms with van der Waals surface area (Å²) in [4.78, 5) is 14.7. The van der Waals surface area contributed by atoms with Crippen LogP contribution in [0.2, 0.25) is 0 Å². The highest BCUT2D eigenvalue weighted by molar-refractivity contribution is 5.77. The summed E-state index contributed by atoms with van der Waals surface area (Å²) >= 11 is 0. The largest absolute Gasteiger partial charge is 0.497 e. The Labute approximate surface area is 165 Å². The molecule has 28 heavy (non-hydrogen) atoms. The van der Waals surface area contributed by atoms with Gasteiger partial charge in [-0.25, -0.2) is 4.39 Å². The van der Waals surface area contributed by atoms with Crippen LogP contribution >= 0.6 is 0 Å². The molecule has 0 bridgehead atoms. The predicted molar refractivity (Wildman–Crippen MR) is 109 cm³/mol. The van der Waals surface area contributed by atoms with E-state index in [4.69, 9.17) is 4.74 Å². The molecule has 0 aliphatic heterocycles. The van der Waals surface area contributed by atoms with Gasteiger partial charge in [0.1, 0.15) is 11.6 Å². The zero-order valence-electron chi connectivity index (χ0n) is 16.1. The summed E-state index contributed by atoms with van der Waals surface area (Å²) in [6.45, 7) is 0. The molecule has 0 heterocycles. The van der Waals surface area contributed by atoms with Crippen LogP contribution in [-0.2, 0) is 11.2 Å². The highest BCUT2D eigenvalue weighted by atomic mass is 19.1. The first kappa shape index (κ1) is 19.6. The number of carbonyl (C=O) groups excluding carboxylic acids is 1. The van der Waals surface area contributed by atoms with Gasteiger partial charge < -0.3 is 9.64 Å². The average Bonchev–Trinajstić information content (AvgIpc) is 2.74. The van der Waals surface area contributed by atoms with Crippen molar-refractivity contribution in [1.82, 2.24) is 4.90 Å². The van der Waals surface area contributed by atoms with Crippen LogP contribution in [0.15, 0.2) is 78.9 Å². The van der Waals surface area contributed by atoms with Crippen LogP contribution in [0.5, 0.6) is 5.75 Å².